The van der Waals surface area contributed by atoms with E-state index in [1.165, 1.54) is 0 Å². The molecule has 1 N–H and O–H groups in total. The Morgan fingerprint density at radius 1 is 1.12 bits per heavy atom. The average molecular weight is 375 g/mol. The maximum Gasteiger partial charge on any atom is 0.312 e. The van der Waals surface area contributed by atoms with Crippen LogP contribution in [0.3, 0.4) is 0 Å². The highest BCUT2D eigenvalue weighted by atomic mass is 35.5. The van der Waals surface area contributed by atoms with Crippen LogP contribution in [0.25, 0.3) is 10.9 Å². The van der Waals surface area contributed by atoms with Gasteiger partial charge >= 0.3 is 11.8 Å². The lowest BCUT2D eigenvalue weighted by Crippen LogP contribution is -2.55. The highest BCUT2D eigenvalue weighted by Gasteiger charge is 2.28. The molecule has 1 aromatic heterocycles. The Kier molecular flexibility index (Phi) is 5.05. The number of nitrogens with one attached hydrogen (secondary N) is 1. The predicted octanol–water partition coefficient (Wildman–Crippen LogP) is 2.45. The maximum absolute atomic E-state index is 12.3. The van der Waals surface area contributed by atoms with E-state index in [-0.39, 0.29) is 0 Å². The molecule has 0 bridgehead atoms. The number of benzene rings is 1. The number of hydrogen-bond acceptors (Lipinski definition) is 4. The van der Waals surface area contributed by atoms with Gasteiger partial charge in [0.2, 0.25) is 0 Å². The molecule has 2 heterocycles. The van der Waals surface area contributed by atoms with Crippen LogP contribution in [0.5, 0.6) is 0 Å². The molecule has 1 fully saturated rings. The molecule has 2 amide bonds. The van der Waals surface area contributed by atoms with E-state index in [1.807, 2.05) is 45.0 Å². The van der Waals surface area contributed by atoms with Crippen LogP contribution in [0.2, 0.25) is 5.02 Å². The number of pyridine rings is 1. The van der Waals surface area contributed by atoms with Crippen molar-refractivity contribution < 1.29 is 9.59 Å². The van der Waals surface area contributed by atoms with Crippen molar-refractivity contribution in [3.63, 3.8) is 0 Å². The summed E-state index contributed by atoms with van der Waals surface area (Å²) < 4.78 is 0. The second kappa shape index (κ2) is 7.11. The summed E-state index contributed by atoms with van der Waals surface area (Å²) in [6, 6.07) is 7.64. The highest BCUT2D eigenvalue weighted by molar-refractivity contribution is 6.35. The Morgan fingerprint density at radius 2 is 1.81 bits per heavy atom. The van der Waals surface area contributed by atoms with Crippen molar-refractivity contribution in [2.45, 2.75) is 26.3 Å². The minimum Gasteiger partial charge on any atom is -0.367 e. The van der Waals surface area contributed by atoms with Gasteiger partial charge < -0.3 is 15.1 Å². The van der Waals surface area contributed by atoms with Crippen LogP contribution in [0, 0.1) is 0 Å². The molecule has 1 aromatic carbocycles. The van der Waals surface area contributed by atoms with Gasteiger partial charge in [0, 0.05) is 54.0 Å². The van der Waals surface area contributed by atoms with Crippen LogP contribution in [0.15, 0.2) is 30.5 Å². The SMILES string of the molecule is CC(C)(C)NC(=O)C(=O)N1CCN(c2ccnc3cc(Cl)ccc23)CC1. The fourth-order valence-corrected chi connectivity index (χ4v) is 3.24. The van der Waals surface area contributed by atoms with E-state index in [0.29, 0.717) is 31.2 Å². The first-order chi connectivity index (χ1) is 12.2. The van der Waals surface area contributed by atoms with Crippen molar-refractivity contribution in [3.8, 4) is 0 Å². The van der Waals surface area contributed by atoms with Crippen molar-refractivity contribution in [1.29, 1.82) is 0 Å². The van der Waals surface area contributed by atoms with Gasteiger partial charge in [0.15, 0.2) is 0 Å². The van der Waals surface area contributed by atoms with Crippen LogP contribution < -0.4 is 10.2 Å². The van der Waals surface area contributed by atoms with Gasteiger partial charge in [0.05, 0.1) is 5.52 Å². The number of anilines is 1. The second-order valence-corrected chi connectivity index (χ2v) is 7.91. The Bertz CT molecular complexity index is 839. The van der Waals surface area contributed by atoms with Crippen LogP contribution in [-0.2, 0) is 9.59 Å². The fraction of sp³-hybridized carbons (Fsp3) is 0.421. The van der Waals surface area contributed by atoms with Crippen LogP contribution in [-0.4, -0.2) is 53.4 Å². The first-order valence-corrected chi connectivity index (χ1v) is 9.03. The molecule has 1 aliphatic heterocycles. The topological polar surface area (TPSA) is 65.5 Å². The van der Waals surface area contributed by atoms with Crippen molar-refractivity contribution in [2.75, 3.05) is 31.1 Å². The minimum absolute atomic E-state index is 0.425. The van der Waals surface area contributed by atoms with Crippen molar-refractivity contribution in [2.24, 2.45) is 0 Å². The number of nitrogens with zero attached hydrogens (tertiary/aromatic N) is 3. The number of amides is 2. The molecule has 0 spiro atoms. The third-order valence-corrected chi connectivity index (χ3v) is 4.51. The molecular formula is C19H23ClN4O2. The van der Waals surface area contributed by atoms with Crippen LogP contribution in [0.4, 0.5) is 5.69 Å². The number of piperazine rings is 1. The van der Waals surface area contributed by atoms with E-state index < -0.39 is 17.4 Å². The molecule has 2 aromatic rings. The Hall–Kier alpha value is -2.34. The van der Waals surface area contributed by atoms with E-state index in [0.717, 1.165) is 16.6 Å². The fourth-order valence-electron chi connectivity index (χ4n) is 3.07. The summed E-state index contributed by atoms with van der Waals surface area (Å²) in [5, 5.41) is 4.41. The molecule has 6 nitrogen and oxygen atoms in total. The lowest BCUT2D eigenvalue weighted by atomic mass is 10.1. The Labute approximate surface area is 158 Å². The first-order valence-electron chi connectivity index (χ1n) is 8.65. The van der Waals surface area contributed by atoms with Gasteiger partial charge in [0.1, 0.15) is 0 Å². The monoisotopic (exact) mass is 374 g/mol. The van der Waals surface area contributed by atoms with E-state index >= 15 is 0 Å². The van der Waals surface area contributed by atoms with Gasteiger partial charge in [-0.2, -0.15) is 0 Å². The standard InChI is InChI=1S/C19H23ClN4O2/c1-19(2,3)22-17(25)18(26)24-10-8-23(9-11-24)16-6-7-21-15-12-13(20)4-5-14(15)16/h4-7,12H,8-11H2,1-3H3,(H,22,25). The number of rotatable bonds is 1. The van der Waals surface area contributed by atoms with Gasteiger partial charge in [0.25, 0.3) is 0 Å². The number of carbonyl (C=O) groups excluding carboxylic acids is 2. The van der Waals surface area contributed by atoms with Crippen molar-refractivity contribution >= 4 is 40.0 Å². The minimum atomic E-state index is -0.546. The largest absolute Gasteiger partial charge is 0.367 e. The number of fused-ring (bicyclic) bond motifs is 1. The summed E-state index contributed by atoms with van der Waals surface area (Å²) in [7, 11) is 0. The summed E-state index contributed by atoms with van der Waals surface area (Å²) in [5.74, 6) is -1.01. The highest BCUT2D eigenvalue weighted by Crippen LogP contribution is 2.28. The number of hydrogen-bond donors (Lipinski definition) is 1. The number of carbonyl (C=O) groups is 2. The maximum atomic E-state index is 12.3. The molecule has 26 heavy (non-hydrogen) atoms. The van der Waals surface area contributed by atoms with E-state index in [2.05, 4.69) is 15.2 Å². The lowest BCUT2D eigenvalue weighted by Gasteiger charge is -2.36. The molecule has 0 unspecified atom stereocenters. The van der Waals surface area contributed by atoms with Crippen LogP contribution >= 0.6 is 11.6 Å². The number of halogens is 1. The summed E-state index contributed by atoms with van der Waals surface area (Å²) in [4.78, 5) is 32.6. The third-order valence-electron chi connectivity index (χ3n) is 4.27. The predicted molar refractivity (Wildman–Crippen MR) is 103 cm³/mol. The number of aromatic nitrogens is 1. The van der Waals surface area contributed by atoms with E-state index in [1.54, 1.807) is 11.1 Å². The molecule has 1 aliphatic rings. The molecule has 0 saturated carbocycles. The molecule has 1 saturated heterocycles. The summed E-state index contributed by atoms with van der Waals surface area (Å²) in [6.07, 6.45) is 1.77. The molecule has 0 atom stereocenters. The van der Waals surface area contributed by atoms with Crippen molar-refractivity contribution in [1.82, 2.24) is 15.2 Å². The molecule has 138 valence electrons. The zero-order chi connectivity index (χ0) is 18.9. The molecule has 0 radical (unpaired) electrons. The van der Waals surface area contributed by atoms with Gasteiger partial charge in [-0.05, 0) is 45.0 Å². The lowest BCUT2D eigenvalue weighted by molar-refractivity contribution is -0.146. The van der Waals surface area contributed by atoms with Crippen LogP contribution in [0.1, 0.15) is 20.8 Å². The molecule has 0 aliphatic carbocycles. The van der Waals surface area contributed by atoms with E-state index in [9.17, 15) is 9.59 Å². The Balaban J connectivity index is 1.69. The zero-order valence-electron chi connectivity index (χ0n) is 15.3. The van der Waals surface area contributed by atoms with Gasteiger partial charge in [-0.25, -0.2) is 0 Å². The zero-order valence-corrected chi connectivity index (χ0v) is 16.0. The molecular weight excluding hydrogens is 352 g/mol. The van der Waals surface area contributed by atoms with E-state index in [4.69, 9.17) is 11.6 Å². The van der Waals surface area contributed by atoms with Crippen molar-refractivity contribution in [3.05, 3.63) is 35.5 Å². The summed E-state index contributed by atoms with van der Waals surface area (Å²) >= 11 is 6.05. The van der Waals surface area contributed by atoms with Gasteiger partial charge in [-0.1, -0.05) is 11.6 Å². The average Bonchev–Trinajstić information content (AvgIpc) is 2.59. The molecule has 7 heteroatoms. The Morgan fingerprint density at radius 3 is 2.46 bits per heavy atom. The summed E-state index contributed by atoms with van der Waals surface area (Å²) in [5.41, 5.74) is 1.49. The quantitative estimate of drug-likeness (QED) is 0.779. The normalized spacial score (nSPS) is 15.2. The second-order valence-electron chi connectivity index (χ2n) is 7.47. The van der Waals surface area contributed by atoms with Gasteiger partial charge in [-0.15, -0.1) is 0 Å². The smallest absolute Gasteiger partial charge is 0.312 e. The van der Waals surface area contributed by atoms with Gasteiger partial charge in [-0.3, -0.25) is 14.6 Å². The summed E-state index contributed by atoms with van der Waals surface area (Å²) in [6.45, 7) is 7.92. The third kappa shape index (κ3) is 4.07. The molecule has 3 rings (SSSR count). The first kappa shape index (κ1) is 18.5.